The van der Waals surface area contributed by atoms with Crippen molar-refractivity contribution in [2.75, 3.05) is 31.1 Å². The van der Waals surface area contributed by atoms with Gasteiger partial charge in [-0.25, -0.2) is 4.98 Å². The van der Waals surface area contributed by atoms with E-state index in [9.17, 15) is 14.4 Å². The number of carbonyl (C=O) groups excluding carboxylic acids is 3. The normalized spacial score (nSPS) is 16.2. The zero-order valence-electron chi connectivity index (χ0n) is 18.7. The van der Waals surface area contributed by atoms with E-state index in [1.807, 2.05) is 47.5 Å². The van der Waals surface area contributed by atoms with E-state index in [-0.39, 0.29) is 17.9 Å². The number of aromatic nitrogens is 2. The van der Waals surface area contributed by atoms with Gasteiger partial charge in [0.2, 0.25) is 18.2 Å². The number of aromatic amines is 1. The first-order chi connectivity index (χ1) is 16.0. The number of hydrogen-bond donors (Lipinski definition) is 1. The Hall–Kier alpha value is -3.68. The maximum Gasteiger partial charge on any atom is 0.227 e. The van der Waals surface area contributed by atoms with Gasteiger partial charge in [-0.15, -0.1) is 0 Å². The summed E-state index contributed by atoms with van der Waals surface area (Å²) in [7, 11) is 0. The number of nitrogens with zero attached hydrogens (tertiary/aromatic N) is 4. The molecule has 2 aromatic heterocycles. The molecule has 3 amide bonds. The molecule has 2 aliphatic rings. The van der Waals surface area contributed by atoms with E-state index in [0.29, 0.717) is 38.4 Å². The van der Waals surface area contributed by atoms with Gasteiger partial charge in [0.1, 0.15) is 11.5 Å². The average molecular weight is 446 g/mol. The summed E-state index contributed by atoms with van der Waals surface area (Å²) in [5, 5.41) is 0.993. The number of pyridine rings is 1. The number of benzene rings is 1. The molecule has 5 rings (SSSR count). The van der Waals surface area contributed by atoms with Crippen LogP contribution in [0, 0.1) is 0 Å². The molecule has 33 heavy (non-hydrogen) atoms. The van der Waals surface area contributed by atoms with Gasteiger partial charge >= 0.3 is 0 Å². The van der Waals surface area contributed by atoms with Crippen molar-refractivity contribution in [3.63, 3.8) is 0 Å². The minimum atomic E-state index is 0.0573. The van der Waals surface area contributed by atoms with Gasteiger partial charge < -0.3 is 14.8 Å². The van der Waals surface area contributed by atoms with E-state index in [2.05, 4.69) is 9.97 Å². The van der Waals surface area contributed by atoms with Gasteiger partial charge in [-0.3, -0.25) is 19.3 Å². The van der Waals surface area contributed by atoms with Crippen molar-refractivity contribution in [2.45, 2.75) is 32.2 Å². The Bertz CT molecular complexity index is 1190. The van der Waals surface area contributed by atoms with Gasteiger partial charge in [0.05, 0.1) is 6.42 Å². The molecule has 1 N–H and O–H groups in total. The topological polar surface area (TPSA) is 89.6 Å². The summed E-state index contributed by atoms with van der Waals surface area (Å²) in [5.41, 5.74) is 3.71. The van der Waals surface area contributed by atoms with Crippen molar-refractivity contribution in [2.24, 2.45) is 0 Å². The third-order valence-corrected chi connectivity index (χ3v) is 6.53. The summed E-state index contributed by atoms with van der Waals surface area (Å²) in [6, 6.07) is 12.2. The summed E-state index contributed by atoms with van der Waals surface area (Å²) >= 11 is 0. The van der Waals surface area contributed by atoms with Crippen LogP contribution in [0.1, 0.15) is 25.3 Å². The molecule has 1 saturated heterocycles. The quantitative estimate of drug-likeness (QED) is 0.591. The SMILES string of the molecule is CC(=O)N1CCN(C(=O)Cc2ccc(-c3cc(N(C=O)C4CC4)nc4[nH]ccc34)cc2)CC1. The van der Waals surface area contributed by atoms with Gasteiger partial charge in [-0.1, -0.05) is 24.3 Å². The third kappa shape index (κ3) is 4.33. The van der Waals surface area contributed by atoms with Gasteiger partial charge in [0.25, 0.3) is 0 Å². The van der Waals surface area contributed by atoms with Crippen LogP contribution in [-0.2, 0) is 20.8 Å². The number of hydrogen-bond acceptors (Lipinski definition) is 4. The van der Waals surface area contributed by atoms with E-state index in [0.717, 1.165) is 47.0 Å². The van der Waals surface area contributed by atoms with Crippen molar-refractivity contribution in [3.05, 3.63) is 48.2 Å². The van der Waals surface area contributed by atoms with E-state index < -0.39 is 0 Å². The number of amides is 3. The summed E-state index contributed by atoms with van der Waals surface area (Å²) in [6.07, 6.45) is 5.06. The van der Waals surface area contributed by atoms with Crippen LogP contribution in [0.25, 0.3) is 22.2 Å². The van der Waals surface area contributed by atoms with Crippen molar-refractivity contribution in [1.29, 1.82) is 0 Å². The highest BCUT2D eigenvalue weighted by atomic mass is 16.2. The van der Waals surface area contributed by atoms with Gasteiger partial charge in [0, 0.05) is 50.7 Å². The molecule has 8 nitrogen and oxygen atoms in total. The minimum Gasteiger partial charge on any atom is -0.346 e. The number of fused-ring (bicyclic) bond motifs is 1. The lowest BCUT2D eigenvalue weighted by Gasteiger charge is -2.34. The minimum absolute atomic E-state index is 0.0573. The first-order valence-electron chi connectivity index (χ1n) is 11.4. The zero-order chi connectivity index (χ0) is 22.9. The Morgan fingerprint density at radius 1 is 1.09 bits per heavy atom. The van der Waals surface area contributed by atoms with Crippen LogP contribution in [0.2, 0.25) is 0 Å². The Morgan fingerprint density at radius 2 is 1.79 bits per heavy atom. The standard InChI is InChI=1S/C25H27N5O3/c1-17(32)28-10-12-29(13-11-28)24(33)14-18-2-4-19(5-3-18)22-15-23(30(16-31)20-6-7-20)27-25-21(22)8-9-26-25/h2-5,8-9,15-16,20H,6-7,10-14H2,1H3,(H,26,27). The first kappa shape index (κ1) is 21.2. The zero-order valence-corrected chi connectivity index (χ0v) is 18.7. The van der Waals surface area contributed by atoms with Crippen molar-refractivity contribution in [1.82, 2.24) is 19.8 Å². The van der Waals surface area contributed by atoms with Crippen LogP contribution in [0.5, 0.6) is 0 Å². The van der Waals surface area contributed by atoms with Gasteiger partial charge in [-0.05, 0) is 41.7 Å². The Labute approximate surface area is 192 Å². The first-order valence-corrected chi connectivity index (χ1v) is 11.4. The molecule has 0 radical (unpaired) electrons. The fourth-order valence-electron chi connectivity index (χ4n) is 4.43. The molecule has 2 fully saturated rings. The van der Waals surface area contributed by atoms with Crippen LogP contribution in [0.3, 0.4) is 0 Å². The molecule has 170 valence electrons. The molecule has 0 atom stereocenters. The molecule has 1 aromatic carbocycles. The lowest BCUT2D eigenvalue weighted by atomic mass is 10.0. The number of piperazine rings is 1. The summed E-state index contributed by atoms with van der Waals surface area (Å²) in [5.74, 6) is 0.791. The van der Waals surface area contributed by atoms with Crippen LogP contribution >= 0.6 is 0 Å². The van der Waals surface area contributed by atoms with Crippen LogP contribution in [0.15, 0.2) is 42.6 Å². The smallest absolute Gasteiger partial charge is 0.227 e. The second-order valence-corrected chi connectivity index (χ2v) is 8.77. The fourth-order valence-corrected chi connectivity index (χ4v) is 4.43. The number of nitrogens with one attached hydrogen (secondary N) is 1. The lowest BCUT2D eigenvalue weighted by Crippen LogP contribution is -2.50. The number of H-pyrrole nitrogens is 1. The van der Waals surface area contributed by atoms with Crippen LogP contribution in [-0.4, -0.2) is 70.2 Å². The molecule has 0 spiro atoms. The number of rotatable bonds is 6. The van der Waals surface area contributed by atoms with Crippen molar-refractivity contribution in [3.8, 4) is 11.1 Å². The monoisotopic (exact) mass is 445 g/mol. The number of carbonyl (C=O) groups is 3. The van der Waals surface area contributed by atoms with Crippen molar-refractivity contribution >= 4 is 35.1 Å². The summed E-state index contributed by atoms with van der Waals surface area (Å²) in [4.78, 5) is 49.0. The van der Waals surface area contributed by atoms with E-state index in [4.69, 9.17) is 0 Å². The predicted octanol–water partition coefficient (Wildman–Crippen LogP) is 2.59. The molecule has 0 bridgehead atoms. The Morgan fingerprint density at radius 3 is 2.42 bits per heavy atom. The predicted molar refractivity (Wildman–Crippen MR) is 126 cm³/mol. The largest absolute Gasteiger partial charge is 0.346 e. The maximum atomic E-state index is 12.7. The van der Waals surface area contributed by atoms with E-state index in [1.165, 1.54) is 0 Å². The second kappa shape index (κ2) is 8.69. The van der Waals surface area contributed by atoms with Gasteiger partial charge in [-0.2, -0.15) is 0 Å². The molecular formula is C25H27N5O3. The van der Waals surface area contributed by atoms with Crippen LogP contribution in [0.4, 0.5) is 5.82 Å². The Balaban J connectivity index is 1.33. The van der Waals surface area contributed by atoms with E-state index >= 15 is 0 Å². The molecule has 1 aliphatic heterocycles. The highest BCUT2D eigenvalue weighted by Gasteiger charge is 2.30. The van der Waals surface area contributed by atoms with Crippen LogP contribution < -0.4 is 4.90 Å². The molecule has 3 aromatic rings. The number of anilines is 1. The highest BCUT2D eigenvalue weighted by Crippen LogP contribution is 2.35. The molecular weight excluding hydrogens is 418 g/mol. The molecule has 0 unspecified atom stereocenters. The fraction of sp³-hybridized carbons (Fsp3) is 0.360. The lowest BCUT2D eigenvalue weighted by molar-refractivity contribution is -0.138. The summed E-state index contributed by atoms with van der Waals surface area (Å²) in [6.45, 7) is 3.91. The van der Waals surface area contributed by atoms with E-state index in [1.54, 1.807) is 16.7 Å². The molecule has 8 heteroatoms. The average Bonchev–Trinajstić information content (AvgIpc) is 3.55. The molecule has 1 aliphatic carbocycles. The molecule has 3 heterocycles. The summed E-state index contributed by atoms with van der Waals surface area (Å²) < 4.78 is 0. The van der Waals surface area contributed by atoms with Crippen molar-refractivity contribution < 1.29 is 14.4 Å². The third-order valence-electron chi connectivity index (χ3n) is 6.53. The maximum absolute atomic E-state index is 12.7. The Kier molecular flexibility index (Phi) is 5.58. The molecule has 1 saturated carbocycles. The van der Waals surface area contributed by atoms with Gasteiger partial charge in [0.15, 0.2) is 0 Å². The highest BCUT2D eigenvalue weighted by molar-refractivity contribution is 5.96. The second-order valence-electron chi connectivity index (χ2n) is 8.77.